The predicted molar refractivity (Wildman–Crippen MR) is 115 cm³/mol. The zero-order valence-corrected chi connectivity index (χ0v) is 17.7. The Balaban J connectivity index is 2.04. The number of benzene rings is 3. The van der Waals surface area contributed by atoms with Crippen molar-refractivity contribution in [1.29, 1.82) is 0 Å². The second kappa shape index (κ2) is 7.83. The summed E-state index contributed by atoms with van der Waals surface area (Å²) in [6.07, 6.45) is -4.61. The van der Waals surface area contributed by atoms with Gasteiger partial charge in [-0.3, -0.25) is 4.79 Å². The lowest BCUT2D eigenvalue weighted by atomic mass is 9.60. The number of methoxy groups -OCH3 is 1. The number of anilines is 1. The molecule has 1 aliphatic heterocycles. The Kier molecular flexibility index (Phi) is 5.43. The van der Waals surface area contributed by atoms with Crippen molar-refractivity contribution in [2.75, 3.05) is 18.6 Å². The van der Waals surface area contributed by atoms with Crippen molar-refractivity contribution in [3.8, 4) is 0 Å². The first-order chi connectivity index (χ1) is 15.2. The largest absolute Gasteiger partial charge is 0.480 e. The summed E-state index contributed by atoms with van der Waals surface area (Å²) in [5.74, 6) is -1.25. The molecule has 1 N–H and O–H groups in total. The van der Waals surface area contributed by atoms with Gasteiger partial charge in [0.1, 0.15) is 0 Å². The number of rotatable bonds is 5. The normalized spacial score (nSPS) is 23.0. The summed E-state index contributed by atoms with van der Waals surface area (Å²) in [5, 5.41) is 10.7. The number of aliphatic carboxylic acids is 1. The number of hydrogen-bond acceptors (Lipinski definition) is 3. The van der Waals surface area contributed by atoms with E-state index in [1.807, 2.05) is 0 Å². The Morgan fingerprint density at radius 1 is 1.03 bits per heavy atom. The van der Waals surface area contributed by atoms with Crippen LogP contribution in [0.25, 0.3) is 0 Å². The molecule has 0 spiro atoms. The molecule has 0 saturated carbocycles. The summed E-state index contributed by atoms with van der Waals surface area (Å²) in [7, 11) is 1.30. The van der Waals surface area contributed by atoms with Crippen molar-refractivity contribution in [2.45, 2.75) is 17.3 Å². The van der Waals surface area contributed by atoms with Crippen LogP contribution in [-0.4, -0.2) is 24.7 Å². The van der Waals surface area contributed by atoms with Crippen LogP contribution in [0.1, 0.15) is 16.7 Å². The highest BCUT2D eigenvalue weighted by Crippen LogP contribution is 2.59. The third-order valence-corrected chi connectivity index (χ3v) is 6.33. The number of para-hydroxylation sites is 1. The third kappa shape index (κ3) is 3.07. The third-order valence-electron chi connectivity index (χ3n) is 6.00. The fourth-order valence-electron chi connectivity index (χ4n) is 4.59. The van der Waals surface area contributed by atoms with E-state index in [9.17, 15) is 23.1 Å². The second-order valence-electron chi connectivity index (χ2n) is 7.54. The molecule has 1 fully saturated rings. The number of carboxylic acids is 1. The zero-order chi connectivity index (χ0) is 23.1. The number of halogens is 4. The molecule has 4 nitrogen and oxygen atoms in total. The average Bonchev–Trinajstić information content (AvgIpc) is 2.75. The number of ether oxygens (including phenoxy) is 1. The number of hydrogen-bond donors (Lipinski definition) is 1. The number of carboxylic acid groups (broad SMARTS) is 1. The van der Waals surface area contributed by atoms with Gasteiger partial charge in [-0.25, -0.2) is 0 Å². The molecule has 0 radical (unpaired) electrons. The number of alkyl halides is 3. The van der Waals surface area contributed by atoms with Crippen LogP contribution >= 0.6 is 11.6 Å². The van der Waals surface area contributed by atoms with Gasteiger partial charge in [-0.1, -0.05) is 60.1 Å². The van der Waals surface area contributed by atoms with E-state index in [1.165, 1.54) is 19.2 Å². The van der Waals surface area contributed by atoms with Crippen molar-refractivity contribution in [2.24, 2.45) is 0 Å². The van der Waals surface area contributed by atoms with E-state index in [4.69, 9.17) is 16.3 Å². The fraction of sp³-hybridized carbons (Fsp3) is 0.208. The highest BCUT2D eigenvalue weighted by Gasteiger charge is 2.72. The van der Waals surface area contributed by atoms with Crippen molar-refractivity contribution < 1.29 is 27.8 Å². The fourth-order valence-corrected chi connectivity index (χ4v) is 4.89. The van der Waals surface area contributed by atoms with Crippen LogP contribution in [0.2, 0.25) is 5.02 Å². The molecule has 0 aromatic heterocycles. The van der Waals surface area contributed by atoms with E-state index in [-0.39, 0.29) is 22.7 Å². The molecule has 1 aliphatic rings. The maximum Gasteiger partial charge on any atom is 0.416 e. The van der Waals surface area contributed by atoms with Crippen LogP contribution in [0.15, 0.2) is 78.9 Å². The lowest BCUT2D eigenvalue weighted by molar-refractivity contribution is -0.180. The number of nitrogens with zero attached hydrogens (tertiary/aromatic N) is 1. The molecule has 4 rings (SSSR count). The van der Waals surface area contributed by atoms with Crippen LogP contribution in [0.4, 0.5) is 18.9 Å². The van der Waals surface area contributed by atoms with Gasteiger partial charge >= 0.3 is 12.1 Å². The summed E-state index contributed by atoms with van der Waals surface area (Å²) in [6.45, 7) is -0.0554. The second-order valence-corrected chi connectivity index (χ2v) is 7.95. The average molecular weight is 462 g/mol. The highest BCUT2D eigenvalue weighted by atomic mass is 35.5. The molecule has 166 valence electrons. The van der Waals surface area contributed by atoms with Gasteiger partial charge in [-0.15, -0.1) is 0 Å². The van der Waals surface area contributed by atoms with Gasteiger partial charge < -0.3 is 14.7 Å². The first kappa shape index (κ1) is 22.2. The minimum atomic E-state index is -4.61. The quantitative estimate of drug-likeness (QED) is 0.529. The molecule has 3 aromatic rings. The minimum Gasteiger partial charge on any atom is -0.480 e. The van der Waals surface area contributed by atoms with Crippen molar-refractivity contribution in [3.05, 3.63) is 101 Å². The molecule has 1 heterocycles. The van der Waals surface area contributed by atoms with Crippen LogP contribution in [-0.2, 0) is 26.8 Å². The van der Waals surface area contributed by atoms with Crippen LogP contribution in [0.5, 0.6) is 0 Å². The Hall–Kier alpha value is -3.03. The van der Waals surface area contributed by atoms with Gasteiger partial charge in [0.25, 0.3) is 0 Å². The van der Waals surface area contributed by atoms with Gasteiger partial charge in [0, 0.05) is 29.9 Å². The Morgan fingerprint density at radius 2 is 1.69 bits per heavy atom. The highest BCUT2D eigenvalue weighted by molar-refractivity contribution is 6.31. The number of carbonyl (C=O) groups is 1. The van der Waals surface area contributed by atoms with Gasteiger partial charge in [-0.05, 0) is 35.9 Å². The molecule has 8 heteroatoms. The van der Waals surface area contributed by atoms with Gasteiger partial charge in [0.2, 0.25) is 0 Å². The lowest BCUT2D eigenvalue weighted by Crippen LogP contribution is -2.78. The van der Waals surface area contributed by atoms with E-state index in [1.54, 1.807) is 59.5 Å². The van der Waals surface area contributed by atoms with E-state index in [0.29, 0.717) is 5.69 Å². The van der Waals surface area contributed by atoms with E-state index in [2.05, 4.69) is 0 Å². The molecule has 0 bridgehead atoms. The molecular weight excluding hydrogens is 443 g/mol. The lowest BCUT2D eigenvalue weighted by Gasteiger charge is -2.64. The first-order valence-electron chi connectivity index (χ1n) is 9.72. The molecule has 0 amide bonds. The maximum atomic E-state index is 13.5. The van der Waals surface area contributed by atoms with E-state index in [0.717, 1.165) is 12.1 Å². The summed E-state index contributed by atoms with van der Waals surface area (Å²) in [6, 6.07) is 19.8. The first-order valence-corrected chi connectivity index (χ1v) is 10.1. The molecule has 2 unspecified atom stereocenters. The molecule has 2 atom stereocenters. The standard InChI is InChI=1S/C24H19ClF3NO3/c1-32-23(16-8-7-9-17(14-16)24(26,27)28)22(21(30)31,19-12-5-6-13-20(19)25)15-29(23)18-10-3-2-4-11-18/h2-14H,15H2,1H3,(H,30,31). The van der Waals surface area contributed by atoms with E-state index < -0.39 is 28.8 Å². The smallest absolute Gasteiger partial charge is 0.416 e. The van der Waals surface area contributed by atoms with Gasteiger partial charge in [0.05, 0.1) is 5.56 Å². The van der Waals surface area contributed by atoms with Gasteiger partial charge in [-0.2, -0.15) is 13.2 Å². The predicted octanol–water partition coefficient (Wildman–Crippen LogP) is 5.70. The molecule has 0 aliphatic carbocycles. The van der Waals surface area contributed by atoms with Crippen LogP contribution in [0, 0.1) is 0 Å². The summed E-state index contributed by atoms with van der Waals surface area (Å²) in [4.78, 5) is 14.5. The van der Waals surface area contributed by atoms with Gasteiger partial charge in [0.15, 0.2) is 11.1 Å². The maximum absolute atomic E-state index is 13.5. The topological polar surface area (TPSA) is 49.8 Å². The van der Waals surface area contributed by atoms with Crippen molar-refractivity contribution in [1.82, 2.24) is 0 Å². The van der Waals surface area contributed by atoms with Crippen molar-refractivity contribution in [3.63, 3.8) is 0 Å². The monoisotopic (exact) mass is 461 g/mol. The minimum absolute atomic E-state index is 0.0554. The van der Waals surface area contributed by atoms with Crippen molar-refractivity contribution >= 4 is 23.3 Å². The molecule has 3 aromatic carbocycles. The van der Waals surface area contributed by atoms with E-state index >= 15 is 0 Å². The molecule has 32 heavy (non-hydrogen) atoms. The van der Waals surface area contributed by atoms with Crippen LogP contribution in [0.3, 0.4) is 0 Å². The molecular formula is C24H19ClF3NO3. The van der Waals surface area contributed by atoms with Crippen LogP contribution < -0.4 is 4.90 Å². The SMILES string of the molecule is COC1(c2cccc(C(F)(F)F)c2)N(c2ccccc2)CC1(C(=O)O)c1ccccc1Cl. The zero-order valence-electron chi connectivity index (χ0n) is 16.9. The summed E-state index contributed by atoms with van der Waals surface area (Å²) in [5.41, 5.74) is -3.51. The molecule has 1 saturated heterocycles. The Morgan fingerprint density at radius 3 is 2.28 bits per heavy atom. The Bertz CT molecular complexity index is 1150. The Labute approximate surface area is 187 Å². The summed E-state index contributed by atoms with van der Waals surface area (Å²) >= 11 is 6.42. The summed E-state index contributed by atoms with van der Waals surface area (Å²) < 4.78 is 46.5.